The number of carbonyl (C=O) groups is 1. The Morgan fingerprint density at radius 2 is 1.59 bits per heavy atom. The number of esters is 1. The molecule has 1 atom stereocenters. The molecule has 1 unspecified atom stereocenters. The van der Waals surface area contributed by atoms with Crippen molar-refractivity contribution in [2.45, 2.75) is 52.4 Å². The van der Waals surface area contributed by atoms with Gasteiger partial charge in [-0.2, -0.15) is 4.57 Å². The summed E-state index contributed by atoms with van der Waals surface area (Å²) in [5, 5.41) is 19.2. The van der Waals surface area contributed by atoms with E-state index in [1.54, 1.807) is 23.1 Å². The van der Waals surface area contributed by atoms with Crippen molar-refractivity contribution in [3.63, 3.8) is 0 Å². The van der Waals surface area contributed by atoms with Crippen LogP contribution in [0.25, 0.3) is 17.1 Å². The van der Waals surface area contributed by atoms with Crippen molar-refractivity contribution in [2.24, 2.45) is 0 Å². The first-order chi connectivity index (χ1) is 15.2. The summed E-state index contributed by atoms with van der Waals surface area (Å²) in [5.74, 6) is -1.99. The molecule has 0 amide bonds. The molecule has 32 heavy (non-hydrogen) atoms. The van der Waals surface area contributed by atoms with E-state index in [0.717, 1.165) is 11.3 Å². The van der Waals surface area contributed by atoms with E-state index in [9.17, 15) is 9.90 Å². The first kappa shape index (κ1) is 23.6. The largest absolute Gasteiger partial charge is 0.820 e. The molecule has 0 spiro atoms. The first-order valence-electron chi connectivity index (χ1n) is 10.9. The summed E-state index contributed by atoms with van der Waals surface area (Å²) in [6.45, 7) is 9.66. The summed E-state index contributed by atoms with van der Waals surface area (Å²) in [6, 6.07) is 19.2. The average Bonchev–Trinajstić information content (AvgIpc) is 3.17. The minimum absolute atomic E-state index is 0.133. The molecular formula is C25H31N3O4. The molecule has 3 aromatic rings. The van der Waals surface area contributed by atoms with Crippen LogP contribution in [0.1, 0.15) is 46.9 Å². The number of benzene rings is 2. The molecule has 1 heterocycles. The lowest BCUT2D eigenvalue weighted by atomic mass is 10.1. The molecule has 0 saturated heterocycles. The molecule has 7 nitrogen and oxygen atoms in total. The number of hydrogen-bond acceptors (Lipinski definition) is 5. The quantitative estimate of drug-likeness (QED) is 0.307. The van der Waals surface area contributed by atoms with Crippen molar-refractivity contribution in [3.8, 4) is 17.1 Å². The van der Waals surface area contributed by atoms with E-state index in [1.165, 1.54) is 0 Å². The van der Waals surface area contributed by atoms with Gasteiger partial charge in [-0.1, -0.05) is 36.4 Å². The van der Waals surface area contributed by atoms with Gasteiger partial charge in [0.05, 0.1) is 24.4 Å². The van der Waals surface area contributed by atoms with Gasteiger partial charge >= 0.3 is 11.8 Å². The molecule has 0 N–H and O–H groups in total. The highest BCUT2D eigenvalue weighted by Crippen LogP contribution is 2.30. The fourth-order valence-corrected chi connectivity index (χ4v) is 3.61. The van der Waals surface area contributed by atoms with Gasteiger partial charge in [0, 0.05) is 11.7 Å². The van der Waals surface area contributed by atoms with Gasteiger partial charge in [0.15, 0.2) is 0 Å². The molecule has 0 radical (unpaired) electrons. The van der Waals surface area contributed by atoms with Crippen LogP contribution in [0.2, 0.25) is 0 Å². The lowest BCUT2D eigenvalue weighted by Crippen LogP contribution is -2.56. The highest BCUT2D eigenvalue weighted by Gasteiger charge is 2.43. The lowest BCUT2D eigenvalue weighted by molar-refractivity contribution is -0.664. The molecule has 2 aromatic carbocycles. The van der Waals surface area contributed by atoms with Crippen molar-refractivity contribution in [1.82, 2.24) is 9.78 Å². The van der Waals surface area contributed by atoms with Gasteiger partial charge in [0.25, 0.3) is 5.82 Å². The van der Waals surface area contributed by atoms with Crippen molar-refractivity contribution in [3.05, 3.63) is 66.5 Å². The Bertz CT molecular complexity index is 1040. The van der Waals surface area contributed by atoms with Crippen LogP contribution in [0.15, 0.2) is 60.7 Å². The van der Waals surface area contributed by atoms with Crippen molar-refractivity contribution in [2.75, 3.05) is 13.2 Å². The molecule has 7 heteroatoms. The molecule has 0 aliphatic heterocycles. The fraction of sp³-hybridized carbons (Fsp3) is 0.400. The van der Waals surface area contributed by atoms with Crippen LogP contribution in [0.4, 0.5) is 0 Å². The van der Waals surface area contributed by atoms with Crippen LogP contribution < -0.4 is 9.67 Å². The molecule has 0 aliphatic carbocycles. The highest BCUT2D eigenvalue weighted by molar-refractivity contribution is 5.70. The smallest absolute Gasteiger partial charge is 0.314 e. The Labute approximate surface area is 189 Å². The minimum Gasteiger partial charge on any atom is -0.820 e. The molecule has 0 saturated carbocycles. The number of hydrogen-bond donors (Lipinski definition) is 0. The van der Waals surface area contributed by atoms with Crippen molar-refractivity contribution >= 4 is 5.97 Å². The summed E-state index contributed by atoms with van der Waals surface area (Å²) in [4.78, 5) is 12.5. The van der Waals surface area contributed by atoms with Gasteiger partial charge in [-0.15, -0.1) is 4.68 Å². The zero-order valence-corrected chi connectivity index (χ0v) is 19.4. The first-order valence-corrected chi connectivity index (χ1v) is 10.9. The Balaban J connectivity index is 2.38. The van der Waals surface area contributed by atoms with E-state index in [2.05, 4.69) is 0 Å². The highest BCUT2D eigenvalue weighted by atomic mass is 16.6. The minimum atomic E-state index is -2.20. The average molecular weight is 438 g/mol. The SMILES string of the molecule is CCOC(=O)CC([O-])(OCC)c1n(C(C)(C)C)nc(-c2ccccc2)[n+]1-c1ccccc1. The number of para-hydroxylation sites is 1. The van der Waals surface area contributed by atoms with Gasteiger partial charge in [-0.3, -0.25) is 4.79 Å². The van der Waals surface area contributed by atoms with Gasteiger partial charge in [-0.25, -0.2) is 0 Å². The van der Waals surface area contributed by atoms with E-state index in [1.807, 2.05) is 81.4 Å². The maximum absolute atomic E-state index is 14.3. The Morgan fingerprint density at radius 3 is 2.12 bits per heavy atom. The van der Waals surface area contributed by atoms with Crippen molar-refractivity contribution in [1.29, 1.82) is 0 Å². The molecular weight excluding hydrogens is 406 g/mol. The Hall–Kier alpha value is -3.03. The third-order valence-electron chi connectivity index (χ3n) is 4.90. The van der Waals surface area contributed by atoms with Crippen LogP contribution in [-0.4, -0.2) is 29.0 Å². The van der Waals surface area contributed by atoms with Crippen LogP contribution in [0.3, 0.4) is 0 Å². The van der Waals surface area contributed by atoms with E-state index in [0.29, 0.717) is 5.82 Å². The third-order valence-corrected chi connectivity index (χ3v) is 4.90. The fourth-order valence-electron chi connectivity index (χ4n) is 3.61. The molecule has 3 rings (SSSR count). The third kappa shape index (κ3) is 4.89. The maximum Gasteiger partial charge on any atom is 0.314 e. The van der Waals surface area contributed by atoms with E-state index in [-0.39, 0.29) is 19.0 Å². The monoisotopic (exact) mass is 437 g/mol. The van der Waals surface area contributed by atoms with E-state index in [4.69, 9.17) is 14.6 Å². The molecule has 0 aliphatic rings. The molecule has 1 aromatic heterocycles. The predicted octanol–water partition coefficient (Wildman–Crippen LogP) is 3.08. The Morgan fingerprint density at radius 1 is 1.00 bits per heavy atom. The second-order valence-electron chi connectivity index (χ2n) is 8.43. The number of ether oxygens (including phenoxy) is 2. The summed E-state index contributed by atoms with van der Waals surface area (Å²) < 4.78 is 14.3. The van der Waals surface area contributed by atoms with Gasteiger partial charge in [-0.05, 0) is 58.9 Å². The van der Waals surface area contributed by atoms with Gasteiger partial charge in [0.2, 0.25) is 0 Å². The van der Waals surface area contributed by atoms with Crippen LogP contribution in [-0.2, 0) is 25.6 Å². The summed E-state index contributed by atoms with van der Waals surface area (Å²) in [7, 11) is 0. The van der Waals surface area contributed by atoms with E-state index >= 15 is 0 Å². The van der Waals surface area contributed by atoms with Crippen LogP contribution in [0.5, 0.6) is 0 Å². The van der Waals surface area contributed by atoms with Crippen molar-refractivity contribution < 1.29 is 23.9 Å². The summed E-state index contributed by atoms with van der Waals surface area (Å²) >= 11 is 0. The summed E-state index contributed by atoms with van der Waals surface area (Å²) in [5.41, 5.74) is 1.04. The number of carbonyl (C=O) groups excluding carboxylic acids is 1. The maximum atomic E-state index is 14.3. The van der Waals surface area contributed by atoms with Crippen LogP contribution >= 0.6 is 0 Å². The summed E-state index contributed by atoms with van der Waals surface area (Å²) in [6.07, 6.45) is -0.475. The van der Waals surface area contributed by atoms with Gasteiger partial charge < -0.3 is 14.6 Å². The second-order valence-corrected chi connectivity index (χ2v) is 8.43. The second kappa shape index (κ2) is 9.63. The normalized spacial score (nSPS) is 13.6. The molecule has 0 bridgehead atoms. The molecule has 170 valence electrons. The number of nitrogens with zero attached hydrogens (tertiary/aromatic N) is 3. The zero-order valence-electron chi connectivity index (χ0n) is 19.4. The van der Waals surface area contributed by atoms with E-state index < -0.39 is 23.7 Å². The number of aromatic nitrogens is 3. The number of rotatable bonds is 8. The standard InChI is InChI=1S/C25H31N3O4/c1-6-31-21(29)18-25(30,32-7-2)23-27(20-16-12-9-13-17-20)22(19-14-10-8-11-15-19)26-28(23)24(3,4)5/h8-17H,6-7,18H2,1-5H3. The van der Waals surface area contributed by atoms with Gasteiger partial charge in [0.1, 0.15) is 11.2 Å². The predicted molar refractivity (Wildman–Crippen MR) is 119 cm³/mol. The van der Waals surface area contributed by atoms with Crippen LogP contribution in [0, 0.1) is 0 Å². The molecule has 0 fully saturated rings. The zero-order chi connectivity index (χ0) is 23.4. The topological polar surface area (TPSA) is 80.3 Å². The lowest BCUT2D eigenvalue weighted by Gasteiger charge is -2.37. The Kier molecular flexibility index (Phi) is 7.11.